The van der Waals surface area contributed by atoms with Gasteiger partial charge >= 0.3 is 0 Å². The SMILES string of the molecule is COc1ccc2c3c1O[C@H]1[C@H](O)C(C)(C)[C@H](C)C4[C@@H](C2)N(C)CC[C@@]341. The molecule has 1 saturated heterocycles. The van der Waals surface area contributed by atoms with Crippen LogP contribution in [0.2, 0.25) is 0 Å². The van der Waals surface area contributed by atoms with Crippen molar-refractivity contribution >= 4 is 0 Å². The summed E-state index contributed by atoms with van der Waals surface area (Å²) in [7, 11) is 3.98. The molecule has 2 bridgehead atoms. The first kappa shape index (κ1) is 16.0. The van der Waals surface area contributed by atoms with Crippen molar-refractivity contribution in [3.05, 3.63) is 23.3 Å². The van der Waals surface area contributed by atoms with Crippen LogP contribution in [0.15, 0.2) is 12.1 Å². The van der Waals surface area contributed by atoms with Gasteiger partial charge in [0.15, 0.2) is 11.5 Å². The number of piperidine rings is 1. The second kappa shape index (κ2) is 4.72. The smallest absolute Gasteiger partial charge is 0.165 e. The number of hydrogen-bond acceptors (Lipinski definition) is 4. The topological polar surface area (TPSA) is 41.9 Å². The van der Waals surface area contributed by atoms with Gasteiger partial charge in [-0.3, -0.25) is 0 Å². The lowest BCUT2D eigenvalue weighted by molar-refractivity contribution is -0.183. The van der Waals surface area contributed by atoms with Crippen LogP contribution in [0.25, 0.3) is 0 Å². The minimum Gasteiger partial charge on any atom is -0.493 e. The number of methoxy groups -OCH3 is 1. The predicted molar refractivity (Wildman–Crippen MR) is 96.3 cm³/mol. The maximum Gasteiger partial charge on any atom is 0.165 e. The zero-order valence-corrected chi connectivity index (χ0v) is 15.9. The molecule has 5 rings (SSSR count). The quantitative estimate of drug-likeness (QED) is 0.851. The maximum absolute atomic E-state index is 11.3. The van der Waals surface area contributed by atoms with E-state index < -0.39 is 6.10 Å². The summed E-state index contributed by atoms with van der Waals surface area (Å²) < 4.78 is 12.2. The van der Waals surface area contributed by atoms with Gasteiger partial charge in [-0.05, 0) is 55.3 Å². The molecule has 1 N–H and O–H groups in total. The van der Waals surface area contributed by atoms with E-state index in [1.807, 2.05) is 6.07 Å². The van der Waals surface area contributed by atoms with Crippen LogP contribution in [0, 0.1) is 17.3 Å². The van der Waals surface area contributed by atoms with Gasteiger partial charge in [-0.1, -0.05) is 26.8 Å². The molecule has 136 valence electrons. The largest absolute Gasteiger partial charge is 0.493 e. The monoisotopic (exact) mass is 343 g/mol. The third-order valence-corrected chi connectivity index (χ3v) is 8.29. The third-order valence-electron chi connectivity index (χ3n) is 8.29. The molecular formula is C21H29NO3. The van der Waals surface area contributed by atoms with Crippen molar-refractivity contribution in [2.45, 2.75) is 57.3 Å². The second-order valence-corrected chi connectivity index (χ2v) is 9.29. The third kappa shape index (κ3) is 1.62. The lowest BCUT2D eigenvalue weighted by Gasteiger charge is -2.64. The van der Waals surface area contributed by atoms with Gasteiger partial charge in [0.25, 0.3) is 0 Å². The van der Waals surface area contributed by atoms with Crippen molar-refractivity contribution in [3.8, 4) is 11.5 Å². The Kier molecular flexibility index (Phi) is 3.01. The minimum atomic E-state index is -0.467. The summed E-state index contributed by atoms with van der Waals surface area (Å²) in [6, 6.07) is 4.79. The number of rotatable bonds is 1. The molecule has 2 aliphatic carbocycles. The maximum atomic E-state index is 11.3. The van der Waals surface area contributed by atoms with Crippen LogP contribution in [-0.2, 0) is 11.8 Å². The van der Waals surface area contributed by atoms with Crippen LogP contribution in [0.5, 0.6) is 11.5 Å². The molecule has 4 nitrogen and oxygen atoms in total. The number of ether oxygens (including phenoxy) is 2. The fourth-order valence-corrected chi connectivity index (χ4v) is 6.63. The van der Waals surface area contributed by atoms with Crippen LogP contribution >= 0.6 is 0 Å². The minimum absolute atomic E-state index is 0.0665. The molecule has 4 aliphatic rings. The van der Waals surface area contributed by atoms with E-state index in [-0.39, 0.29) is 16.9 Å². The van der Waals surface area contributed by atoms with Crippen LogP contribution < -0.4 is 9.47 Å². The Balaban J connectivity index is 1.82. The van der Waals surface area contributed by atoms with Crippen molar-refractivity contribution in [3.63, 3.8) is 0 Å². The summed E-state index contributed by atoms with van der Waals surface area (Å²) in [5, 5.41) is 11.3. The van der Waals surface area contributed by atoms with Crippen molar-refractivity contribution in [1.29, 1.82) is 0 Å². The predicted octanol–water partition coefficient (Wildman–Crippen LogP) is 2.61. The number of benzene rings is 1. The van der Waals surface area contributed by atoms with E-state index in [1.54, 1.807) is 7.11 Å². The normalized spacial score (nSPS) is 43.4. The van der Waals surface area contributed by atoms with Gasteiger partial charge in [-0.15, -0.1) is 0 Å². The Morgan fingerprint density at radius 3 is 2.80 bits per heavy atom. The van der Waals surface area contributed by atoms with Crippen molar-refractivity contribution in [2.75, 3.05) is 20.7 Å². The summed E-state index contributed by atoms with van der Waals surface area (Å²) in [5.74, 6) is 2.66. The van der Waals surface area contributed by atoms with Gasteiger partial charge in [0.1, 0.15) is 6.10 Å². The zero-order chi connectivity index (χ0) is 17.7. The summed E-state index contributed by atoms with van der Waals surface area (Å²) in [6.07, 6.45) is 1.50. The standard InChI is InChI=1S/C21H29NO3/c1-11-15-13-10-12-6-7-14(24-5)17-16(12)21(15,8-9-22(13)4)19(25-17)18(23)20(11,2)3/h6-7,11,13,15,18-19,23H,8-10H2,1-5H3/t11-,13-,15?,18+,19+,21+/m1/s1. The molecule has 1 unspecified atom stereocenters. The van der Waals surface area contributed by atoms with E-state index in [1.165, 1.54) is 11.1 Å². The number of likely N-dealkylation sites (N-methyl/N-ethyl adjacent to an activating group) is 1. The fourth-order valence-electron chi connectivity index (χ4n) is 6.63. The van der Waals surface area contributed by atoms with Crippen molar-refractivity contribution < 1.29 is 14.6 Å². The van der Waals surface area contributed by atoms with E-state index in [2.05, 4.69) is 38.8 Å². The van der Waals surface area contributed by atoms with E-state index >= 15 is 0 Å². The lowest BCUT2D eigenvalue weighted by Crippen LogP contribution is -2.72. The summed E-state index contributed by atoms with van der Waals surface area (Å²) in [4.78, 5) is 2.54. The molecule has 1 aromatic rings. The fraction of sp³-hybridized carbons (Fsp3) is 0.714. The molecule has 6 atom stereocenters. The highest BCUT2D eigenvalue weighted by Gasteiger charge is 2.70. The molecule has 1 spiro atoms. The van der Waals surface area contributed by atoms with Gasteiger partial charge in [-0.25, -0.2) is 0 Å². The van der Waals surface area contributed by atoms with Crippen LogP contribution in [0.3, 0.4) is 0 Å². The van der Waals surface area contributed by atoms with Crippen LogP contribution in [0.1, 0.15) is 38.3 Å². The Labute approximate surface area is 150 Å². The van der Waals surface area contributed by atoms with Gasteiger partial charge in [0, 0.05) is 17.0 Å². The average Bonchev–Trinajstić information content (AvgIpc) is 2.93. The van der Waals surface area contributed by atoms with E-state index in [0.717, 1.165) is 30.9 Å². The van der Waals surface area contributed by atoms with Crippen molar-refractivity contribution in [1.82, 2.24) is 4.90 Å². The number of nitrogens with zero attached hydrogens (tertiary/aromatic N) is 1. The first-order valence-corrected chi connectivity index (χ1v) is 9.59. The Morgan fingerprint density at radius 1 is 1.32 bits per heavy atom. The van der Waals surface area contributed by atoms with E-state index in [0.29, 0.717) is 17.9 Å². The summed E-state index contributed by atoms with van der Waals surface area (Å²) in [6.45, 7) is 7.84. The Hall–Kier alpha value is -1.26. The summed E-state index contributed by atoms with van der Waals surface area (Å²) >= 11 is 0. The average molecular weight is 343 g/mol. The second-order valence-electron chi connectivity index (χ2n) is 9.29. The van der Waals surface area contributed by atoms with Gasteiger partial charge in [-0.2, -0.15) is 0 Å². The first-order valence-electron chi connectivity index (χ1n) is 9.59. The van der Waals surface area contributed by atoms with Gasteiger partial charge in [0.05, 0.1) is 13.2 Å². The van der Waals surface area contributed by atoms with Gasteiger partial charge in [0.2, 0.25) is 0 Å². The van der Waals surface area contributed by atoms with Crippen LogP contribution in [0.4, 0.5) is 0 Å². The molecule has 2 heterocycles. The zero-order valence-electron chi connectivity index (χ0n) is 15.9. The van der Waals surface area contributed by atoms with Crippen molar-refractivity contribution in [2.24, 2.45) is 17.3 Å². The highest BCUT2D eigenvalue weighted by molar-refractivity contribution is 5.61. The number of hydrogen-bond donors (Lipinski definition) is 1. The number of likely N-dealkylation sites (tertiary alicyclic amines) is 1. The molecule has 4 heteroatoms. The molecule has 2 fully saturated rings. The molecule has 0 aromatic heterocycles. The number of aliphatic hydroxyl groups is 1. The molecule has 1 aromatic carbocycles. The van der Waals surface area contributed by atoms with Crippen LogP contribution in [-0.4, -0.2) is 49.0 Å². The Morgan fingerprint density at radius 2 is 2.08 bits per heavy atom. The molecule has 2 aliphatic heterocycles. The first-order chi connectivity index (χ1) is 11.8. The van der Waals surface area contributed by atoms with Gasteiger partial charge < -0.3 is 19.5 Å². The molecule has 1 saturated carbocycles. The highest BCUT2D eigenvalue weighted by Crippen LogP contribution is 2.67. The van der Waals surface area contributed by atoms with E-state index in [9.17, 15) is 5.11 Å². The molecule has 25 heavy (non-hydrogen) atoms. The molecular weight excluding hydrogens is 314 g/mol. The molecule has 0 radical (unpaired) electrons. The summed E-state index contributed by atoms with van der Waals surface area (Å²) in [5.41, 5.74) is 2.52. The Bertz CT molecular complexity index is 745. The van der Waals surface area contributed by atoms with E-state index in [4.69, 9.17) is 9.47 Å². The number of aliphatic hydroxyl groups excluding tert-OH is 1. The molecule has 0 amide bonds. The lowest BCUT2D eigenvalue weighted by atomic mass is 9.44. The highest BCUT2D eigenvalue weighted by atomic mass is 16.5.